The van der Waals surface area contributed by atoms with Gasteiger partial charge in [-0.15, -0.1) is 24.8 Å². The van der Waals surface area contributed by atoms with Crippen LogP contribution in [0.25, 0.3) is 0 Å². The van der Waals surface area contributed by atoms with E-state index in [4.69, 9.17) is 25.8 Å². The molecule has 0 aliphatic heterocycles. The first-order valence-electron chi connectivity index (χ1n) is 14.2. The van der Waals surface area contributed by atoms with Gasteiger partial charge in [-0.2, -0.15) is 0 Å². The highest BCUT2D eigenvalue weighted by Gasteiger charge is 2.19. The van der Waals surface area contributed by atoms with Crippen LogP contribution in [0.15, 0.2) is 60.7 Å². The van der Waals surface area contributed by atoms with E-state index in [0.717, 1.165) is 68.9 Å². The first-order valence-corrected chi connectivity index (χ1v) is 14.5. The fourth-order valence-corrected chi connectivity index (χ4v) is 5.20. The third-order valence-electron chi connectivity index (χ3n) is 7.05. The molecule has 3 aromatic carbocycles. The summed E-state index contributed by atoms with van der Waals surface area (Å²) >= 11 is 6.57. The molecule has 0 amide bonds. The van der Waals surface area contributed by atoms with E-state index in [2.05, 4.69) is 53.1 Å². The lowest BCUT2D eigenvalue weighted by Crippen LogP contribution is -2.20. The van der Waals surface area contributed by atoms with E-state index in [-0.39, 0.29) is 24.8 Å². The van der Waals surface area contributed by atoms with Crippen molar-refractivity contribution in [1.29, 1.82) is 0 Å². The van der Waals surface area contributed by atoms with Gasteiger partial charge in [-0.05, 0) is 99.6 Å². The van der Waals surface area contributed by atoms with E-state index in [1.54, 1.807) is 21.3 Å². The minimum atomic E-state index is 0. The van der Waals surface area contributed by atoms with Crippen LogP contribution in [0.5, 0.6) is 17.2 Å². The third-order valence-corrected chi connectivity index (χ3v) is 7.33. The van der Waals surface area contributed by atoms with Crippen molar-refractivity contribution >= 4 is 36.4 Å². The Morgan fingerprint density at radius 3 is 1.85 bits per heavy atom. The number of benzene rings is 3. The van der Waals surface area contributed by atoms with Crippen LogP contribution < -0.4 is 24.8 Å². The number of rotatable bonds is 19. The maximum absolute atomic E-state index is 6.57. The van der Waals surface area contributed by atoms with Gasteiger partial charge in [0, 0.05) is 5.56 Å². The summed E-state index contributed by atoms with van der Waals surface area (Å²) in [6.45, 7) is 4.08. The Morgan fingerprint density at radius 1 is 0.585 bits per heavy atom. The van der Waals surface area contributed by atoms with Crippen LogP contribution in [0.4, 0.5) is 0 Å². The van der Waals surface area contributed by atoms with Crippen molar-refractivity contribution in [2.24, 2.45) is 0 Å². The van der Waals surface area contributed by atoms with Crippen molar-refractivity contribution in [2.75, 3.05) is 47.5 Å². The topological polar surface area (TPSA) is 51.8 Å². The fraction of sp³-hybridized carbons (Fsp3) is 0.455. The molecular formula is C33H47Cl3N2O3. The Morgan fingerprint density at radius 2 is 1.22 bits per heavy atom. The van der Waals surface area contributed by atoms with Gasteiger partial charge in [-0.1, -0.05) is 66.9 Å². The van der Waals surface area contributed by atoms with Gasteiger partial charge in [-0.25, -0.2) is 0 Å². The Labute approximate surface area is 264 Å². The van der Waals surface area contributed by atoms with Gasteiger partial charge < -0.3 is 24.8 Å². The average Bonchev–Trinajstić information content (AvgIpc) is 2.97. The van der Waals surface area contributed by atoms with Crippen molar-refractivity contribution < 1.29 is 14.2 Å². The summed E-state index contributed by atoms with van der Waals surface area (Å²) in [5.74, 6) is 2.21. The van der Waals surface area contributed by atoms with E-state index in [0.29, 0.717) is 10.8 Å². The Kier molecular flexibility index (Phi) is 19.4. The SMILES string of the molecule is COc1cccc(CCc2c(CCNCCCCCCNCCc3ccccc3)cc(Cl)c(OC)c2OC)c1.Cl.Cl. The number of ether oxygens (including phenoxy) is 3. The first kappa shape index (κ1) is 36.9. The molecule has 0 saturated heterocycles. The summed E-state index contributed by atoms with van der Waals surface area (Å²) in [5, 5.41) is 7.77. The highest BCUT2D eigenvalue weighted by molar-refractivity contribution is 6.32. The van der Waals surface area contributed by atoms with Crippen LogP contribution in [0, 0.1) is 0 Å². The van der Waals surface area contributed by atoms with Crippen LogP contribution in [0.3, 0.4) is 0 Å². The molecule has 0 aliphatic rings. The van der Waals surface area contributed by atoms with Crippen molar-refractivity contribution in [3.05, 3.63) is 87.9 Å². The Hall–Kier alpha value is -2.15. The fourth-order valence-electron chi connectivity index (χ4n) is 4.90. The van der Waals surface area contributed by atoms with E-state index >= 15 is 0 Å². The molecule has 0 radical (unpaired) electrons. The third kappa shape index (κ3) is 12.7. The van der Waals surface area contributed by atoms with Gasteiger partial charge in [0.15, 0.2) is 11.5 Å². The summed E-state index contributed by atoms with van der Waals surface area (Å²) in [5.41, 5.74) is 4.98. The molecule has 3 aromatic rings. The second-order valence-corrected chi connectivity index (χ2v) is 10.2. The minimum Gasteiger partial charge on any atom is -0.497 e. The number of unbranched alkanes of at least 4 members (excludes halogenated alkanes) is 3. The molecule has 0 unspecified atom stereocenters. The van der Waals surface area contributed by atoms with Crippen LogP contribution in [-0.2, 0) is 25.7 Å². The van der Waals surface area contributed by atoms with E-state index in [1.165, 1.54) is 42.4 Å². The molecule has 3 rings (SSSR count). The molecule has 0 bridgehead atoms. The standard InChI is InChI=1S/C33H45ClN2O3.2ClH/c1-37-29-15-11-14-27(24-29)16-17-30-28(25-31(34)33(39-3)32(30)38-2)19-23-36-21-10-5-4-9-20-35-22-18-26-12-7-6-8-13-26;;/h6-8,11-15,24-25,35-36H,4-5,9-10,16-23H2,1-3H3;2*1H. The molecule has 0 fully saturated rings. The van der Waals surface area contributed by atoms with Crippen LogP contribution >= 0.6 is 36.4 Å². The molecule has 0 heterocycles. The molecule has 228 valence electrons. The molecule has 8 heteroatoms. The second-order valence-electron chi connectivity index (χ2n) is 9.81. The van der Waals surface area contributed by atoms with Gasteiger partial charge in [0.25, 0.3) is 0 Å². The van der Waals surface area contributed by atoms with E-state index in [9.17, 15) is 0 Å². The predicted octanol–water partition coefficient (Wildman–Crippen LogP) is 7.52. The maximum Gasteiger partial charge on any atom is 0.179 e. The van der Waals surface area contributed by atoms with E-state index < -0.39 is 0 Å². The average molecular weight is 626 g/mol. The minimum absolute atomic E-state index is 0. The van der Waals surface area contributed by atoms with Crippen LogP contribution in [0.2, 0.25) is 5.02 Å². The van der Waals surface area contributed by atoms with Crippen molar-refractivity contribution in [2.45, 2.75) is 51.4 Å². The van der Waals surface area contributed by atoms with Crippen LogP contribution in [0.1, 0.15) is 47.9 Å². The summed E-state index contributed by atoms with van der Waals surface area (Å²) in [6.07, 6.45) is 8.63. The largest absolute Gasteiger partial charge is 0.497 e. The summed E-state index contributed by atoms with van der Waals surface area (Å²) < 4.78 is 16.8. The van der Waals surface area contributed by atoms with Crippen molar-refractivity contribution in [3.8, 4) is 17.2 Å². The lowest BCUT2D eigenvalue weighted by atomic mass is 9.96. The zero-order valence-corrected chi connectivity index (χ0v) is 27.1. The van der Waals surface area contributed by atoms with Crippen molar-refractivity contribution in [3.63, 3.8) is 0 Å². The number of methoxy groups -OCH3 is 3. The molecule has 0 aromatic heterocycles. The summed E-state index contributed by atoms with van der Waals surface area (Å²) in [7, 11) is 5.02. The summed E-state index contributed by atoms with van der Waals surface area (Å²) in [4.78, 5) is 0. The summed E-state index contributed by atoms with van der Waals surface area (Å²) in [6, 6.07) is 20.9. The zero-order valence-electron chi connectivity index (χ0n) is 24.7. The molecule has 2 N–H and O–H groups in total. The molecule has 0 aliphatic carbocycles. The van der Waals surface area contributed by atoms with Crippen molar-refractivity contribution in [1.82, 2.24) is 10.6 Å². The smallest absolute Gasteiger partial charge is 0.179 e. The predicted molar refractivity (Wildman–Crippen MR) is 178 cm³/mol. The van der Waals surface area contributed by atoms with Gasteiger partial charge in [0.2, 0.25) is 0 Å². The van der Waals surface area contributed by atoms with E-state index in [1.807, 2.05) is 18.2 Å². The quantitative estimate of drug-likeness (QED) is 0.135. The highest BCUT2D eigenvalue weighted by atomic mass is 35.5. The Balaban J connectivity index is 0.00000420. The number of hydrogen-bond acceptors (Lipinski definition) is 5. The number of aryl methyl sites for hydroxylation is 1. The molecule has 0 atom stereocenters. The lowest BCUT2D eigenvalue weighted by Gasteiger charge is -2.19. The first-order chi connectivity index (χ1) is 19.2. The maximum atomic E-state index is 6.57. The zero-order chi connectivity index (χ0) is 27.7. The number of nitrogens with one attached hydrogen (secondary N) is 2. The highest BCUT2D eigenvalue weighted by Crippen LogP contribution is 2.41. The number of halogens is 3. The molecule has 5 nitrogen and oxygen atoms in total. The molecular weight excluding hydrogens is 579 g/mol. The number of hydrogen-bond donors (Lipinski definition) is 2. The Bertz CT molecular complexity index is 1120. The molecule has 0 spiro atoms. The van der Waals surface area contributed by atoms with Crippen LogP contribution in [-0.4, -0.2) is 47.5 Å². The van der Waals surface area contributed by atoms with Gasteiger partial charge >= 0.3 is 0 Å². The monoisotopic (exact) mass is 624 g/mol. The van der Waals surface area contributed by atoms with Gasteiger partial charge in [0.1, 0.15) is 5.75 Å². The second kappa shape index (κ2) is 21.5. The normalized spacial score (nSPS) is 10.4. The molecule has 41 heavy (non-hydrogen) atoms. The molecule has 0 saturated carbocycles. The van der Waals surface area contributed by atoms with Gasteiger partial charge in [0.05, 0.1) is 26.4 Å². The van der Waals surface area contributed by atoms with Gasteiger partial charge in [-0.3, -0.25) is 0 Å². The lowest BCUT2D eigenvalue weighted by molar-refractivity contribution is 0.351.